The molecule has 1 amide bonds. The van der Waals surface area contributed by atoms with E-state index in [0.717, 1.165) is 63.8 Å². The Morgan fingerprint density at radius 1 is 1.23 bits per heavy atom. The number of piperidine rings is 1. The predicted octanol–water partition coefficient (Wildman–Crippen LogP) is 3.81. The van der Waals surface area contributed by atoms with Gasteiger partial charge in [0.2, 0.25) is 5.91 Å². The molecule has 2 N–H and O–H groups in total. The van der Waals surface area contributed by atoms with E-state index in [2.05, 4.69) is 24.0 Å². The third-order valence-corrected chi connectivity index (χ3v) is 6.18. The minimum Gasteiger partial charge on any atom is -0.496 e. The second-order valence-electron chi connectivity index (χ2n) is 8.09. The van der Waals surface area contributed by atoms with E-state index in [0.29, 0.717) is 11.8 Å². The van der Waals surface area contributed by atoms with E-state index in [9.17, 15) is 4.79 Å². The van der Waals surface area contributed by atoms with Crippen molar-refractivity contribution >= 4 is 18.3 Å². The van der Waals surface area contributed by atoms with Gasteiger partial charge in [-0.15, -0.1) is 12.4 Å². The summed E-state index contributed by atoms with van der Waals surface area (Å²) < 4.78 is 5.47. The maximum absolute atomic E-state index is 13.0. The Kier molecular flexibility index (Phi) is 7.36. The molecule has 1 saturated heterocycles. The van der Waals surface area contributed by atoms with Crippen molar-refractivity contribution in [3.8, 4) is 5.75 Å². The quantitative estimate of drug-likeness (QED) is 0.864. The number of methoxy groups -OCH3 is 1. The number of carbonyl (C=O) groups excluding carboxylic acids is 1. The van der Waals surface area contributed by atoms with Gasteiger partial charge in [0, 0.05) is 18.6 Å². The highest BCUT2D eigenvalue weighted by molar-refractivity contribution is 5.85. The van der Waals surface area contributed by atoms with Gasteiger partial charge in [0.15, 0.2) is 0 Å². The fourth-order valence-electron chi connectivity index (χ4n) is 4.52. The van der Waals surface area contributed by atoms with Gasteiger partial charge in [-0.2, -0.15) is 0 Å². The van der Waals surface area contributed by atoms with Crippen LogP contribution in [0, 0.1) is 11.8 Å². The first-order chi connectivity index (χ1) is 12.0. The number of hydrogen-bond acceptors (Lipinski definition) is 3. The van der Waals surface area contributed by atoms with Crippen LogP contribution in [0.3, 0.4) is 0 Å². The summed E-state index contributed by atoms with van der Waals surface area (Å²) in [6.45, 7) is 3.79. The number of carbonyl (C=O) groups is 1. The number of para-hydroxylation sites is 1. The van der Waals surface area contributed by atoms with Crippen LogP contribution in [-0.4, -0.2) is 36.5 Å². The van der Waals surface area contributed by atoms with E-state index in [4.69, 9.17) is 10.5 Å². The molecule has 26 heavy (non-hydrogen) atoms. The average molecular weight is 381 g/mol. The van der Waals surface area contributed by atoms with E-state index < -0.39 is 0 Å². The molecule has 2 fully saturated rings. The second-order valence-corrected chi connectivity index (χ2v) is 8.09. The molecule has 0 bridgehead atoms. The molecule has 2 unspecified atom stereocenters. The van der Waals surface area contributed by atoms with Crippen molar-refractivity contribution in [1.82, 2.24) is 4.90 Å². The molecule has 5 heteroatoms. The van der Waals surface area contributed by atoms with E-state index >= 15 is 0 Å². The Bertz CT molecular complexity index is 597. The summed E-state index contributed by atoms with van der Waals surface area (Å²) >= 11 is 0. The minimum atomic E-state index is -0.330. The highest BCUT2D eigenvalue weighted by atomic mass is 35.5. The van der Waals surface area contributed by atoms with Gasteiger partial charge in [-0.3, -0.25) is 4.79 Å². The molecule has 2 atom stereocenters. The Labute approximate surface area is 163 Å². The van der Waals surface area contributed by atoms with Crippen LogP contribution in [0.5, 0.6) is 5.75 Å². The van der Waals surface area contributed by atoms with Crippen molar-refractivity contribution in [2.24, 2.45) is 17.6 Å². The van der Waals surface area contributed by atoms with Gasteiger partial charge in [0.25, 0.3) is 0 Å². The first kappa shape index (κ1) is 21.0. The lowest BCUT2D eigenvalue weighted by Crippen LogP contribution is -2.54. The number of hydrogen-bond donors (Lipinski definition) is 1. The fourth-order valence-corrected chi connectivity index (χ4v) is 4.52. The minimum absolute atomic E-state index is 0. The normalized spacial score (nSPS) is 26.9. The van der Waals surface area contributed by atoms with Crippen molar-refractivity contribution in [3.63, 3.8) is 0 Å². The molecule has 4 nitrogen and oxygen atoms in total. The Morgan fingerprint density at radius 3 is 2.58 bits per heavy atom. The van der Waals surface area contributed by atoms with Gasteiger partial charge in [-0.25, -0.2) is 0 Å². The van der Waals surface area contributed by atoms with E-state index in [1.165, 1.54) is 5.56 Å². The largest absolute Gasteiger partial charge is 0.496 e. The van der Waals surface area contributed by atoms with Crippen molar-refractivity contribution in [2.45, 2.75) is 57.4 Å². The van der Waals surface area contributed by atoms with E-state index in [1.54, 1.807) is 7.11 Å². The first-order valence-corrected chi connectivity index (χ1v) is 9.71. The zero-order chi connectivity index (χ0) is 17.9. The summed E-state index contributed by atoms with van der Waals surface area (Å²) in [5.74, 6) is 1.89. The van der Waals surface area contributed by atoms with Crippen molar-refractivity contribution < 1.29 is 9.53 Å². The number of nitrogens with zero attached hydrogens (tertiary/aromatic N) is 1. The van der Waals surface area contributed by atoms with Gasteiger partial charge < -0.3 is 15.4 Å². The SMILES string of the molecule is COc1ccccc1CC1CCN(C(=O)C2CCCCC2(C)N)CC1.Cl. The Morgan fingerprint density at radius 2 is 1.92 bits per heavy atom. The van der Waals surface area contributed by atoms with E-state index in [1.807, 2.05) is 12.1 Å². The predicted molar refractivity (Wildman–Crippen MR) is 108 cm³/mol. The third kappa shape index (κ3) is 4.72. The molecule has 3 rings (SSSR count). The maximum Gasteiger partial charge on any atom is 0.227 e. The second kappa shape index (κ2) is 9.09. The monoisotopic (exact) mass is 380 g/mol. The topological polar surface area (TPSA) is 55.6 Å². The Balaban J connectivity index is 0.00000243. The van der Waals surface area contributed by atoms with Gasteiger partial charge in [-0.1, -0.05) is 31.0 Å². The number of ether oxygens (including phenoxy) is 1. The summed E-state index contributed by atoms with van der Waals surface area (Å²) in [5, 5.41) is 0. The molecule has 1 aliphatic heterocycles. The van der Waals surface area contributed by atoms with Crippen LogP contribution in [0.4, 0.5) is 0 Å². The molecule has 1 heterocycles. The lowest BCUT2D eigenvalue weighted by molar-refractivity contribution is -0.140. The van der Waals surface area contributed by atoms with Crippen molar-refractivity contribution in [1.29, 1.82) is 0 Å². The molecule has 1 aromatic rings. The van der Waals surface area contributed by atoms with Gasteiger partial charge in [-0.05, 0) is 56.6 Å². The maximum atomic E-state index is 13.0. The van der Waals surface area contributed by atoms with Crippen molar-refractivity contribution in [3.05, 3.63) is 29.8 Å². The molecule has 0 aromatic heterocycles. The molecule has 1 saturated carbocycles. The number of nitrogens with two attached hydrogens (primary N) is 1. The summed E-state index contributed by atoms with van der Waals surface area (Å²) in [6.07, 6.45) is 7.37. The molecule has 1 aliphatic carbocycles. The standard InChI is InChI=1S/C21H32N2O2.ClH/c1-21(22)12-6-5-8-18(21)20(24)23-13-10-16(11-14-23)15-17-7-3-4-9-19(17)25-2;/h3-4,7,9,16,18H,5-6,8,10-15,22H2,1-2H3;1H. The smallest absolute Gasteiger partial charge is 0.227 e. The number of halogens is 1. The third-order valence-electron chi connectivity index (χ3n) is 6.18. The van der Waals surface area contributed by atoms with Crippen molar-refractivity contribution in [2.75, 3.05) is 20.2 Å². The number of amides is 1. The summed E-state index contributed by atoms with van der Waals surface area (Å²) in [7, 11) is 1.73. The molecule has 2 aliphatic rings. The van der Waals surface area contributed by atoms with Gasteiger partial charge in [0.1, 0.15) is 5.75 Å². The zero-order valence-corrected chi connectivity index (χ0v) is 16.9. The van der Waals surface area contributed by atoms with Gasteiger partial charge in [0.05, 0.1) is 13.0 Å². The molecular weight excluding hydrogens is 348 g/mol. The Hall–Kier alpha value is -1.26. The lowest BCUT2D eigenvalue weighted by Gasteiger charge is -2.41. The summed E-state index contributed by atoms with van der Waals surface area (Å²) in [4.78, 5) is 15.0. The fraction of sp³-hybridized carbons (Fsp3) is 0.667. The molecule has 0 radical (unpaired) electrons. The number of benzene rings is 1. The molecule has 146 valence electrons. The lowest BCUT2D eigenvalue weighted by atomic mass is 9.73. The van der Waals surface area contributed by atoms with Crippen LogP contribution in [0.25, 0.3) is 0 Å². The summed E-state index contributed by atoms with van der Waals surface area (Å²) in [6, 6.07) is 8.26. The van der Waals surface area contributed by atoms with Gasteiger partial charge >= 0.3 is 0 Å². The molecule has 1 aromatic carbocycles. The van der Waals surface area contributed by atoms with Crippen LogP contribution in [-0.2, 0) is 11.2 Å². The van der Waals surface area contributed by atoms with Crippen LogP contribution < -0.4 is 10.5 Å². The molecular formula is C21H33ClN2O2. The number of likely N-dealkylation sites (tertiary alicyclic amines) is 1. The highest BCUT2D eigenvalue weighted by Crippen LogP contribution is 2.34. The highest BCUT2D eigenvalue weighted by Gasteiger charge is 2.40. The summed E-state index contributed by atoms with van der Waals surface area (Å²) in [5.41, 5.74) is 7.37. The van der Waals surface area contributed by atoms with E-state index in [-0.39, 0.29) is 23.9 Å². The average Bonchev–Trinajstić information content (AvgIpc) is 2.62. The van der Waals surface area contributed by atoms with Crippen LogP contribution in [0.15, 0.2) is 24.3 Å². The van der Waals surface area contributed by atoms with Crippen LogP contribution in [0.2, 0.25) is 0 Å². The van der Waals surface area contributed by atoms with Crippen LogP contribution in [0.1, 0.15) is 51.0 Å². The van der Waals surface area contributed by atoms with Crippen LogP contribution >= 0.6 is 12.4 Å². The first-order valence-electron chi connectivity index (χ1n) is 9.71. The molecule has 0 spiro atoms. The number of rotatable bonds is 4. The zero-order valence-electron chi connectivity index (χ0n) is 16.1.